The number of nitrogens with two attached hydrogens (primary N) is 2. The molecule has 0 saturated carbocycles. The van der Waals surface area contributed by atoms with E-state index in [1.807, 2.05) is 38.0 Å². The van der Waals surface area contributed by atoms with Crippen molar-refractivity contribution in [1.82, 2.24) is 0 Å². The van der Waals surface area contributed by atoms with Crippen molar-refractivity contribution < 1.29 is 10.8 Å². The second-order valence-electron chi connectivity index (χ2n) is 6.02. The molecule has 0 aliphatic heterocycles. The van der Waals surface area contributed by atoms with Gasteiger partial charge in [-0.15, -0.1) is 0 Å². The number of diazo groups is 2. The molecular formula is C16H22Cl4N8Zn. The Morgan fingerprint density at radius 3 is 1.17 bits per heavy atom. The zero-order chi connectivity index (χ0) is 22.8. The Kier molecular flexibility index (Phi) is 12.0. The third-order valence-corrected chi connectivity index (χ3v) is 3.20. The van der Waals surface area contributed by atoms with Crippen LogP contribution in [-0.2, 0) is 10.8 Å². The molecule has 13 heteroatoms. The number of nitrogen functional groups attached to an aromatic ring is 2. The molecule has 0 fully saturated rings. The van der Waals surface area contributed by atoms with Crippen molar-refractivity contribution in [2.45, 2.75) is 0 Å². The molecule has 0 saturated heterocycles. The minimum atomic E-state index is -3.36. The second kappa shape index (κ2) is 12.7. The number of para-hydroxylation sites is 2. The molecule has 2 aromatic carbocycles. The summed E-state index contributed by atoms with van der Waals surface area (Å²) in [6.07, 6.45) is 0. The monoisotopic (exact) mass is 530 g/mol. The summed E-state index contributed by atoms with van der Waals surface area (Å²) in [6.45, 7) is 0. The molecule has 0 heterocycles. The molecule has 0 bridgehead atoms. The Balaban J connectivity index is 0.000000442. The quantitative estimate of drug-likeness (QED) is 0.262. The van der Waals surface area contributed by atoms with Gasteiger partial charge in [0.05, 0.1) is 11.4 Å². The molecule has 8 nitrogen and oxygen atoms in total. The first kappa shape index (κ1) is 27.3. The number of benzene rings is 2. The Labute approximate surface area is 189 Å². The maximum atomic E-state index is 8.63. The van der Waals surface area contributed by atoms with Crippen molar-refractivity contribution >= 4 is 72.9 Å². The number of nitrogens with zero attached hydrogens (tertiary/aromatic N) is 6. The van der Waals surface area contributed by atoms with E-state index in [0.717, 1.165) is 11.4 Å². The van der Waals surface area contributed by atoms with Gasteiger partial charge in [0.2, 0.25) is 10.8 Å². The first-order valence-electron chi connectivity index (χ1n) is 8.22. The van der Waals surface area contributed by atoms with Crippen LogP contribution in [0.4, 0.5) is 34.1 Å². The van der Waals surface area contributed by atoms with E-state index < -0.39 is 10.8 Å². The molecule has 0 amide bonds. The fraction of sp³-hybridized carbons (Fsp3) is 0.250. The van der Waals surface area contributed by atoms with Gasteiger partial charge < -0.3 is 21.3 Å². The fourth-order valence-corrected chi connectivity index (χ4v) is 2.23. The molecule has 0 aromatic heterocycles. The summed E-state index contributed by atoms with van der Waals surface area (Å²) < 4.78 is 0. The molecule has 0 unspecified atom stereocenters. The first-order valence-corrected chi connectivity index (χ1v) is 23.8. The van der Waals surface area contributed by atoms with E-state index in [-0.39, 0.29) is 0 Å². The van der Waals surface area contributed by atoms with E-state index in [1.165, 1.54) is 0 Å². The summed E-state index contributed by atoms with van der Waals surface area (Å²) in [5.74, 6) is 0. The van der Waals surface area contributed by atoms with Crippen LogP contribution in [0.25, 0.3) is 9.95 Å². The van der Waals surface area contributed by atoms with Gasteiger partial charge in [-0.25, -0.2) is 0 Å². The molecule has 156 valence electrons. The first-order chi connectivity index (χ1) is 13.3. The number of hydrogen-bond acceptors (Lipinski definition) is 6. The van der Waals surface area contributed by atoms with Crippen LogP contribution in [0.15, 0.2) is 36.4 Å². The summed E-state index contributed by atoms with van der Waals surface area (Å²) >= 11 is 0. The normalized spacial score (nSPS) is 9.59. The van der Waals surface area contributed by atoms with E-state index in [0.29, 0.717) is 22.7 Å². The summed E-state index contributed by atoms with van der Waals surface area (Å²) in [4.78, 5) is 9.88. The number of halogens is 4. The van der Waals surface area contributed by atoms with Gasteiger partial charge in [0.25, 0.3) is 0 Å². The molecule has 0 aliphatic carbocycles. The topological polar surface area (TPSA) is 115 Å². The fourth-order valence-electron chi connectivity index (χ4n) is 2.23. The van der Waals surface area contributed by atoms with Crippen molar-refractivity contribution in [3.05, 3.63) is 46.4 Å². The Bertz CT molecular complexity index is 814. The van der Waals surface area contributed by atoms with Crippen LogP contribution in [0.1, 0.15) is 0 Å². The molecule has 4 N–H and O–H groups in total. The van der Waals surface area contributed by atoms with Gasteiger partial charge in [-0.2, -0.15) is 0 Å². The summed E-state index contributed by atoms with van der Waals surface area (Å²) in [7, 11) is 24.2. The van der Waals surface area contributed by atoms with E-state index in [1.54, 1.807) is 36.4 Å². The molecule has 2 aromatic rings. The second-order valence-corrected chi connectivity index (χ2v) is 33.8. The van der Waals surface area contributed by atoms with Crippen LogP contribution < -0.4 is 21.3 Å². The van der Waals surface area contributed by atoms with Crippen LogP contribution in [0.2, 0.25) is 0 Å². The van der Waals surface area contributed by atoms with Crippen molar-refractivity contribution in [3.8, 4) is 0 Å². The van der Waals surface area contributed by atoms with Gasteiger partial charge in [-0.3, -0.25) is 0 Å². The van der Waals surface area contributed by atoms with Gasteiger partial charge in [0, 0.05) is 40.3 Å². The predicted molar refractivity (Wildman–Crippen MR) is 123 cm³/mol. The van der Waals surface area contributed by atoms with Crippen molar-refractivity contribution in [3.63, 3.8) is 0 Å². The Hall–Kier alpha value is -1.74. The molecule has 0 radical (unpaired) electrons. The van der Waals surface area contributed by atoms with Gasteiger partial charge in [0.15, 0.2) is 21.3 Å². The van der Waals surface area contributed by atoms with Crippen molar-refractivity contribution in [2.75, 3.05) is 49.5 Å². The van der Waals surface area contributed by atoms with Crippen LogP contribution in [0, 0.1) is 10.8 Å². The van der Waals surface area contributed by atoms with E-state index in [2.05, 4.69) is 9.95 Å². The Morgan fingerprint density at radius 2 is 1.00 bits per heavy atom. The summed E-state index contributed by atoms with van der Waals surface area (Å²) in [5.41, 5.74) is 15.0. The summed E-state index contributed by atoms with van der Waals surface area (Å²) in [6, 6.07) is 10.4. The van der Waals surface area contributed by atoms with E-state index >= 15 is 0 Å². The number of anilines is 4. The van der Waals surface area contributed by atoms with Crippen LogP contribution in [0.5, 0.6) is 0 Å². The average molecular weight is 534 g/mol. The predicted octanol–water partition coefficient (Wildman–Crippen LogP) is 6.39. The molecule has 0 aliphatic rings. The standard InChI is InChI=1S/2C8H11N4.4ClH.Zn/c2*1-12(2)8-6(9)4-3-5-7(8)11-10;;;;;/h2*3-5H,9H2,1-2H3;4*1H;/q2*+1;;;;;+2/p-4. The van der Waals surface area contributed by atoms with Crippen LogP contribution in [-0.4, -0.2) is 28.2 Å². The molecular weight excluding hydrogens is 511 g/mol. The average Bonchev–Trinajstić information content (AvgIpc) is 2.59. The molecule has 29 heavy (non-hydrogen) atoms. The Morgan fingerprint density at radius 1 is 0.724 bits per heavy atom. The van der Waals surface area contributed by atoms with Gasteiger partial charge >= 0.3 is 61.0 Å². The SMILES string of the molecule is CN(C)c1c(N)cccc1[N+]#N.CN(C)c1c(N)cccc1[N+]#N.[Cl][Zn-2]([Cl])([Cl])[Cl]. The van der Waals surface area contributed by atoms with Gasteiger partial charge in [-0.05, 0) is 12.1 Å². The van der Waals surface area contributed by atoms with E-state index in [9.17, 15) is 0 Å². The van der Waals surface area contributed by atoms with E-state index in [4.69, 9.17) is 61.0 Å². The van der Waals surface area contributed by atoms with Gasteiger partial charge in [0.1, 0.15) is 0 Å². The third-order valence-electron chi connectivity index (χ3n) is 3.20. The van der Waals surface area contributed by atoms with Crippen LogP contribution in [0.3, 0.4) is 0 Å². The van der Waals surface area contributed by atoms with Crippen LogP contribution >= 0.6 is 38.8 Å². The zero-order valence-electron chi connectivity index (χ0n) is 16.5. The maximum absolute atomic E-state index is 8.63. The number of hydrogen-bond donors (Lipinski definition) is 2. The third kappa shape index (κ3) is 10.6. The molecule has 0 spiro atoms. The summed E-state index contributed by atoms with van der Waals surface area (Å²) in [5, 5.41) is 17.3. The molecule has 2 rings (SSSR count). The minimum absolute atomic E-state index is 0.486. The van der Waals surface area contributed by atoms with Crippen molar-refractivity contribution in [2.24, 2.45) is 0 Å². The van der Waals surface area contributed by atoms with Gasteiger partial charge in [-0.1, -0.05) is 12.1 Å². The number of rotatable bonds is 2. The molecule has 0 atom stereocenters. The van der Waals surface area contributed by atoms with Crippen molar-refractivity contribution in [1.29, 1.82) is 10.8 Å². The zero-order valence-corrected chi connectivity index (χ0v) is 22.5.